The van der Waals surface area contributed by atoms with Crippen LogP contribution in [0.2, 0.25) is 20.1 Å². The van der Waals surface area contributed by atoms with Crippen molar-refractivity contribution in [2.45, 2.75) is 402 Å². The molecule has 0 radical (unpaired) electrons. The number of carbonyl (C=O) groups excluding carboxylic acids is 4. The van der Waals surface area contributed by atoms with Crippen LogP contribution < -0.4 is 28.7 Å². The summed E-state index contributed by atoms with van der Waals surface area (Å²) < 4.78 is 28.0. The maximum absolute atomic E-state index is 15.9. The highest BCUT2D eigenvalue weighted by atomic mass is 35.5. The molecule has 0 spiro atoms. The number of unbranched alkanes of at least 4 members (excludes halogenated alkanes) is 41. The number of hydrogen-bond donors (Lipinski definition) is 0. The van der Waals surface area contributed by atoms with Gasteiger partial charge in [-0.25, -0.2) is 9.80 Å². The monoisotopic (exact) mass is 1840 g/mol. The Bertz CT molecular complexity index is 4880. The van der Waals surface area contributed by atoms with E-state index >= 15 is 19.2 Å². The smallest absolute Gasteiger partial charge is 0.266 e. The number of ether oxygens (including phenoxy) is 4. The van der Waals surface area contributed by atoms with Crippen LogP contribution in [0.4, 0.5) is 11.4 Å². The Kier molecular flexibility index (Phi) is 49.3. The van der Waals surface area contributed by atoms with Gasteiger partial charge < -0.3 is 18.9 Å². The summed E-state index contributed by atoms with van der Waals surface area (Å²) in [5, 5.41) is 3.59. The van der Waals surface area contributed by atoms with Gasteiger partial charge in [0.25, 0.3) is 23.6 Å². The van der Waals surface area contributed by atoms with Gasteiger partial charge in [0, 0.05) is 75.3 Å². The lowest BCUT2D eigenvalue weighted by Crippen LogP contribution is -2.40. The van der Waals surface area contributed by atoms with Gasteiger partial charge in [0.1, 0.15) is 6.61 Å². The molecular weight excluding hydrogens is 1690 g/mol. The number of nitrogens with zero attached hydrogens (tertiary/aromatic N) is 2. The summed E-state index contributed by atoms with van der Waals surface area (Å²) >= 11 is 30.9. The number of carbonyl (C=O) groups is 4. The fraction of sp³-hybridized carbons (Fsp3) is 0.603. The molecule has 2 heterocycles. The van der Waals surface area contributed by atoms with Crippen molar-refractivity contribution in [1.29, 1.82) is 0 Å². The predicted molar refractivity (Wildman–Crippen MR) is 552 cm³/mol. The average molecular weight is 1850 g/mol. The number of benzene rings is 7. The highest BCUT2D eigenvalue weighted by Gasteiger charge is 2.42. The van der Waals surface area contributed by atoms with Gasteiger partial charge in [-0.05, 0) is 159 Å². The first-order chi connectivity index (χ1) is 63.7. The van der Waals surface area contributed by atoms with Gasteiger partial charge >= 0.3 is 0 Å². The molecule has 0 fully saturated rings. The topological polar surface area (TPSA) is 112 Å². The maximum Gasteiger partial charge on any atom is 0.266 e. The minimum atomic E-state index is -0.621. The number of imide groups is 2. The largest absolute Gasteiger partial charge is 0.489 e. The molecule has 4 unspecified atom stereocenters. The summed E-state index contributed by atoms with van der Waals surface area (Å²) in [6, 6.07) is 17.2. The Hall–Kier alpha value is -7.72. The lowest BCUT2D eigenvalue weighted by Gasteiger charge is -2.32. The second-order valence-corrected chi connectivity index (χ2v) is 39.1. The molecule has 4 atom stereocenters. The molecule has 0 aromatic heterocycles. The molecule has 14 heteroatoms. The summed E-state index contributed by atoms with van der Waals surface area (Å²) in [5.74, 6) is 25.0. The first-order valence-electron chi connectivity index (χ1n) is 51.7. The minimum Gasteiger partial charge on any atom is -0.489 e. The lowest BCUT2D eigenvalue weighted by atomic mass is 9.82. The van der Waals surface area contributed by atoms with E-state index in [4.69, 9.17) is 71.8 Å². The molecule has 0 saturated heterocycles. The molecule has 130 heavy (non-hydrogen) atoms. The van der Waals surface area contributed by atoms with E-state index in [0.717, 1.165) is 103 Å². The highest BCUT2D eigenvalue weighted by molar-refractivity contribution is 6.57. The zero-order valence-electron chi connectivity index (χ0n) is 80.6. The second kappa shape index (κ2) is 60.5. The van der Waals surface area contributed by atoms with Crippen LogP contribution in [-0.2, 0) is 0 Å². The van der Waals surface area contributed by atoms with Crippen LogP contribution in [0.25, 0.3) is 43.1 Å². The van der Waals surface area contributed by atoms with Crippen molar-refractivity contribution >= 4 is 124 Å². The quantitative estimate of drug-likeness (QED) is 0.0122. The van der Waals surface area contributed by atoms with E-state index in [1.54, 1.807) is 48.5 Å². The molecule has 10 nitrogen and oxygen atoms in total. The van der Waals surface area contributed by atoms with E-state index in [0.29, 0.717) is 103 Å². The van der Waals surface area contributed by atoms with Crippen molar-refractivity contribution in [3.05, 3.63) is 103 Å². The molecular formula is C116H154Cl4N2O8. The molecule has 2 aliphatic rings. The number of anilines is 2. The number of hydrogen-bond acceptors (Lipinski definition) is 8. The summed E-state index contributed by atoms with van der Waals surface area (Å²) in [4.78, 5) is 65.9. The van der Waals surface area contributed by atoms with Crippen molar-refractivity contribution in [2.75, 3.05) is 36.2 Å². The van der Waals surface area contributed by atoms with Crippen LogP contribution in [0, 0.1) is 83.4 Å². The fourth-order valence-corrected chi connectivity index (χ4v) is 20.6. The zero-order chi connectivity index (χ0) is 92.5. The van der Waals surface area contributed by atoms with E-state index in [1.807, 2.05) is 12.1 Å². The van der Waals surface area contributed by atoms with Crippen LogP contribution in [0.5, 0.6) is 23.0 Å². The van der Waals surface area contributed by atoms with Crippen molar-refractivity contribution in [1.82, 2.24) is 0 Å². The normalized spacial score (nSPS) is 13.3. The van der Waals surface area contributed by atoms with Gasteiger partial charge in [-0.3, -0.25) is 19.2 Å². The molecule has 7 aromatic rings. The molecule has 0 saturated carbocycles. The van der Waals surface area contributed by atoms with Crippen molar-refractivity contribution in [3.63, 3.8) is 0 Å². The molecule has 0 bridgehead atoms. The van der Waals surface area contributed by atoms with E-state index in [1.165, 1.54) is 260 Å². The van der Waals surface area contributed by atoms with E-state index in [2.05, 4.69) is 102 Å². The number of halogens is 4. The van der Waals surface area contributed by atoms with E-state index in [-0.39, 0.29) is 66.5 Å². The second-order valence-electron chi connectivity index (χ2n) is 37.5. The van der Waals surface area contributed by atoms with Gasteiger partial charge in [0.05, 0.1) is 59.4 Å². The molecule has 9 rings (SSSR count). The van der Waals surface area contributed by atoms with E-state index in [9.17, 15) is 0 Å². The maximum atomic E-state index is 15.9. The molecule has 0 N–H and O–H groups in total. The van der Waals surface area contributed by atoms with Crippen molar-refractivity contribution in [2.24, 2.45) is 23.7 Å². The van der Waals surface area contributed by atoms with Crippen LogP contribution in [-0.4, -0.2) is 50.1 Å². The molecule has 7 aromatic carbocycles. The molecule has 2 aliphatic heterocycles. The first-order valence-corrected chi connectivity index (χ1v) is 53.2. The summed E-state index contributed by atoms with van der Waals surface area (Å²) in [6.07, 6.45) is 70.8. The van der Waals surface area contributed by atoms with Crippen molar-refractivity contribution in [3.8, 4) is 82.7 Å². The SMILES string of the molecule is C#CC#CC#CC#CC#CC(CCCCCCCC)COc1ccc(N2C(=O)c3cc(Cl)c4c5c(Cl)cc6c7c(cc(Cl)c(c8c(Cl)cc(c3c48)C2=O)c75)C(=O)N(c2ccc(OCC(CCCCCCCC)CCCCCCCCCC)c(OCC(CCCCCCCC)CCCCCCCCCC)c2)C6=O)cc1OCC(CCCCCCCC)CCCCCCCCCC. The third kappa shape index (κ3) is 32.3. The van der Waals surface area contributed by atoms with Gasteiger partial charge in [-0.1, -0.05) is 409 Å². The number of rotatable bonds is 69. The number of fused-ring (bicyclic) bond motifs is 2. The Morgan fingerprint density at radius 1 is 0.262 bits per heavy atom. The minimum absolute atomic E-state index is 0.135. The highest BCUT2D eigenvalue weighted by Crippen LogP contribution is 2.55. The summed E-state index contributed by atoms with van der Waals surface area (Å²) in [5.41, 5.74) is 1.26. The molecule has 4 amide bonds. The summed E-state index contributed by atoms with van der Waals surface area (Å²) in [7, 11) is 0. The standard InChI is InChI=1S/C116H154Cl4N2O8/c1-9-17-25-33-41-45-53-61-67-87(65-57-49-37-29-21-13-5)83-127-101-75-73-91(77-103(101)129-85-89(69-59-51-39-31-23-15-7)71-63-55-47-43-35-27-19-11-3)121-113(123)93-79-97(117)107-109-99(119)81-95-106-96(82-100(120)110(112(106)109)108-98(118)80-94(114(121)124)105(93)111(107)108)116(126)122(115(95)125)92-74-76-102(128-84-88(66-58-50-38-30-22-14-6)68-62-54-46-42-34-26-18-10-2)104(78-92)130-86-90(70-60-52-40-32-24-16-8)72-64-56-48-44-36-28-20-12-4/h1,73-82,87-90H,10-16,18-24,26-32,34-40,42-44,46-52,54-60,62-66,68-72,83-86H2,2-8H3. The number of terminal acetylenes is 1. The number of amides is 4. The molecule has 704 valence electrons. The van der Waals surface area contributed by atoms with Crippen LogP contribution in [0.3, 0.4) is 0 Å². The fourth-order valence-electron chi connectivity index (χ4n) is 19.4. The van der Waals surface area contributed by atoms with E-state index < -0.39 is 23.6 Å². The Balaban J connectivity index is 1.08. The van der Waals surface area contributed by atoms with Crippen LogP contribution >= 0.6 is 46.4 Å². The Morgan fingerprint density at radius 2 is 0.492 bits per heavy atom. The van der Waals surface area contributed by atoms with Gasteiger partial charge in [-0.15, -0.1) is 6.42 Å². The Morgan fingerprint density at radius 3 is 0.762 bits per heavy atom. The van der Waals surface area contributed by atoms with Gasteiger partial charge in [0.2, 0.25) is 0 Å². The predicted octanol–water partition coefficient (Wildman–Crippen LogP) is 35.2. The lowest BCUT2D eigenvalue weighted by molar-refractivity contribution is 0.0877. The Labute approximate surface area is 804 Å². The third-order valence-corrected chi connectivity index (χ3v) is 28.2. The van der Waals surface area contributed by atoms with Crippen LogP contribution in [0.15, 0.2) is 60.7 Å². The van der Waals surface area contributed by atoms with Gasteiger partial charge in [0.15, 0.2) is 23.0 Å². The summed E-state index contributed by atoms with van der Waals surface area (Å²) in [6.45, 7) is 17.5. The van der Waals surface area contributed by atoms with Gasteiger partial charge in [-0.2, -0.15) is 0 Å². The average Bonchev–Trinajstić information content (AvgIpc) is 0.673. The van der Waals surface area contributed by atoms with Crippen LogP contribution in [0.1, 0.15) is 443 Å². The third-order valence-electron chi connectivity index (χ3n) is 27.0. The zero-order valence-corrected chi connectivity index (χ0v) is 83.6. The van der Waals surface area contributed by atoms with Crippen molar-refractivity contribution < 1.29 is 38.1 Å². The molecule has 0 aliphatic carbocycles. The first kappa shape index (κ1) is 106.